The lowest BCUT2D eigenvalue weighted by atomic mass is 10.0. The Kier molecular flexibility index (Phi) is 4.75. The van der Waals surface area contributed by atoms with Crippen LogP contribution in [0.2, 0.25) is 0 Å². The van der Waals surface area contributed by atoms with E-state index in [4.69, 9.17) is 4.74 Å². The first-order valence-corrected chi connectivity index (χ1v) is 7.74. The molecule has 0 atom stereocenters. The molecule has 0 saturated heterocycles. The van der Waals surface area contributed by atoms with Crippen molar-refractivity contribution < 1.29 is 18.7 Å². The van der Waals surface area contributed by atoms with E-state index < -0.39 is 5.97 Å². The number of halogens is 1. The van der Waals surface area contributed by atoms with Crippen LogP contribution in [0.25, 0.3) is 0 Å². The molecule has 2 aromatic carbocycles. The molecule has 0 unspecified atom stereocenters. The first kappa shape index (κ1) is 16.6. The number of cyclic esters (lactones) is 1. The monoisotopic (exact) mass is 337 g/mol. The number of esters is 1. The van der Waals surface area contributed by atoms with Gasteiger partial charge in [0.15, 0.2) is 0 Å². The lowest BCUT2D eigenvalue weighted by Gasteiger charge is -2.07. The van der Waals surface area contributed by atoms with E-state index in [-0.39, 0.29) is 18.1 Å². The van der Waals surface area contributed by atoms with Gasteiger partial charge in [0.1, 0.15) is 11.6 Å². The number of carbonyl (C=O) groups excluding carboxylic acids is 2. The van der Waals surface area contributed by atoms with E-state index in [9.17, 15) is 14.0 Å². The van der Waals surface area contributed by atoms with Crippen molar-refractivity contribution >= 4 is 17.6 Å². The number of allylic oxidation sites excluding steroid dienone is 1. The number of carbonyl (C=O) groups is 2. The topological polar surface area (TPSA) is 55.4 Å². The highest BCUT2D eigenvalue weighted by Crippen LogP contribution is 2.22. The van der Waals surface area contributed by atoms with Crippen LogP contribution in [0.3, 0.4) is 0 Å². The molecular weight excluding hydrogens is 321 g/mol. The second-order valence-electron chi connectivity index (χ2n) is 5.74. The third-order valence-electron chi connectivity index (χ3n) is 3.78. The quantitative estimate of drug-likeness (QED) is 0.849. The summed E-state index contributed by atoms with van der Waals surface area (Å²) in [6, 6.07) is 13.1. The summed E-state index contributed by atoms with van der Waals surface area (Å²) in [4.78, 5) is 23.2. The molecule has 0 aliphatic carbocycles. The molecule has 0 spiro atoms. The van der Waals surface area contributed by atoms with E-state index in [0.29, 0.717) is 17.9 Å². The van der Waals surface area contributed by atoms with Crippen molar-refractivity contribution in [2.45, 2.75) is 12.8 Å². The van der Waals surface area contributed by atoms with Gasteiger partial charge in [-0.3, -0.25) is 4.79 Å². The van der Waals surface area contributed by atoms with Crippen LogP contribution in [0.5, 0.6) is 0 Å². The molecule has 126 valence electrons. The summed E-state index contributed by atoms with van der Waals surface area (Å²) in [7, 11) is 0. The molecule has 1 aliphatic rings. The van der Waals surface area contributed by atoms with Crippen LogP contribution in [-0.2, 0) is 27.2 Å². The van der Waals surface area contributed by atoms with Gasteiger partial charge in [-0.25, -0.2) is 9.18 Å². The van der Waals surface area contributed by atoms with Gasteiger partial charge in [-0.2, -0.15) is 0 Å². The van der Waals surface area contributed by atoms with E-state index in [1.165, 1.54) is 18.2 Å². The first-order chi connectivity index (χ1) is 12.0. The number of amides is 1. The van der Waals surface area contributed by atoms with Crippen molar-refractivity contribution in [1.29, 1.82) is 0 Å². The maximum absolute atomic E-state index is 12.9. The smallest absolute Gasteiger partial charge is 0.336 e. The average Bonchev–Trinajstić information content (AvgIpc) is 2.89. The number of rotatable bonds is 5. The summed E-state index contributed by atoms with van der Waals surface area (Å²) in [5.41, 5.74) is 3.13. The van der Waals surface area contributed by atoms with Crippen LogP contribution < -0.4 is 5.32 Å². The predicted molar refractivity (Wildman–Crippen MR) is 92.2 cm³/mol. The van der Waals surface area contributed by atoms with Gasteiger partial charge in [0.2, 0.25) is 5.91 Å². The molecule has 4 nitrogen and oxygen atoms in total. The Morgan fingerprint density at radius 3 is 2.28 bits per heavy atom. The zero-order chi connectivity index (χ0) is 17.8. The van der Waals surface area contributed by atoms with Crippen molar-refractivity contribution in [2.75, 3.05) is 5.32 Å². The summed E-state index contributed by atoms with van der Waals surface area (Å²) in [6.45, 7) is 3.69. The van der Waals surface area contributed by atoms with E-state index in [2.05, 4.69) is 11.9 Å². The first-order valence-electron chi connectivity index (χ1n) is 7.74. The summed E-state index contributed by atoms with van der Waals surface area (Å²) >= 11 is 0. The van der Waals surface area contributed by atoms with E-state index in [1.807, 2.05) is 12.1 Å². The minimum Gasteiger partial charge on any atom is -0.424 e. The van der Waals surface area contributed by atoms with Crippen LogP contribution in [0.1, 0.15) is 11.1 Å². The minimum absolute atomic E-state index is 0.175. The van der Waals surface area contributed by atoms with Gasteiger partial charge in [-0.1, -0.05) is 30.8 Å². The van der Waals surface area contributed by atoms with Gasteiger partial charge in [-0.15, -0.1) is 0 Å². The van der Waals surface area contributed by atoms with Gasteiger partial charge >= 0.3 is 5.97 Å². The maximum Gasteiger partial charge on any atom is 0.336 e. The second kappa shape index (κ2) is 7.13. The third-order valence-corrected chi connectivity index (χ3v) is 3.78. The molecule has 0 fully saturated rings. The van der Waals surface area contributed by atoms with Crippen LogP contribution in [0, 0.1) is 5.82 Å². The molecule has 1 amide bonds. The number of ether oxygens (including phenoxy) is 1. The predicted octanol–water partition coefficient (Wildman–Crippen LogP) is 3.55. The van der Waals surface area contributed by atoms with Crippen molar-refractivity contribution in [3.63, 3.8) is 0 Å². The van der Waals surface area contributed by atoms with E-state index in [0.717, 1.165) is 16.7 Å². The fraction of sp³-hybridized carbons (Fsp3) is 0.100. The molecule has 0 bridgehead atoms. The van der Waals surface area contributed by atoms with Crippen molar-refractivity contribution in [3.8, 4) is 0 Å². The number of hydrogen-bond donors (Lipinski definition) is 1. The lowest BCUT2D eigenvalue weighted by molar-refractivity contribution is -0.132. The number of benzene rings is 2. The fourth-order valence-corrected chi connectivity index (χ4v) is 2.51. The van der Waals surface area contributed by atoms with Crippen LogP contribution >= 0.6 is 0 Å². The highest BCUT2D eigenvalue weighted by Gasteiger charge is 2.18. The molecule has 2 aromatic rings. The molecule has 1 heterocycles. The minimum atomic E-state index is -0.398. The second-order valence-corrected chi connectivity index (χ2v) is 5.74. The lowest BCUT2D eigenvalue weighted by Crippen LogP contribution is -2.14. The normalized spacial score (nSPS) is 13.4. The van der Waals surface area contributed by atoms with Gasteiger partial charge in [0.05, 0.1) is 6.42 Å². The molecule has 25 heavy (non-hydrogen) atoms. The average molecular weight is 337 g/mol. The molecule has 5 heteroatoms. The zero-order valence-electron chi connectivity index (χ0n) is 13.4. The summed E-state index contributed by atoms with van der Waals surface area (Å²) < 4.78 is 17.7. The highest BCUT2D eigenvalue weighted by atomic mass is 19.1. The van der Waals surface area contributed by atoms with Gasteiger partial charge in [0, 0.05) is 23.8 Å². The number of nitrogens with one attached hydrogen (secondary N) is 1. The van der Waals surface area contributed by atoms with E-state index >= 15 is 0 Å². The van der Waals surface area contributed by atoms with Crippen molar-refractivity contribution in [1.82, 2.24) is 0 Å². The summed E-state index contributed by atoms with van der Waals surface area (Å²) in [5, 5.41) is 2.80. The van der Waals surface area contributed by atoms with Gasteiger partial charge < -0.3 is 10.1 Å². The Morgan fingerprint density at radius 2 is 1.68 bits per heavy atom. The molecule has 0 aromatic heterocycles. The molecule has 3 rings (SSSR count). The van der Waals surface area contributed by atoms with Crippen LogP contribution in [0.4, 0.5) is 10.1 Å². The molecule has 1 aliphatic heterocycles. The van der Waals surface area contributed by atoms with Crippen molar-refractivity contribution in [3.05, 3.63) is 89.5 Å². The summed E-state index contributed by atoms with van der Waals surface area (Å²) in [5.74, 6) is -0.525. The van der Waals surface area contributed by atoms with Gasteiger partial charge in [-0.05, 0) is 35.4 Å². The Bertz CT molecular complexity index is 852. The van der Waals surface area contributed by atoms with Crippen LogP contribution in [0.15, 0.2) is 72.5 Å². The fourth-order valence-electron chi connectivity index (χ4n) is 2.51. The molecule has 1 N–H and O–H groups in total. The largest absolute Gasteiger partial charge is 0.424 e. The standard InChI is InChI=1S/C20H16FNO3/c1-13-16(12-20(24)25-13)10-14-4-8-18(9-5-14)22-19(23)11-15-2-6-17(21)7-3-15/h2-9,12H,1,10-11H2,(H,22,23). The molecule has 0 saturated carbocycles. The number of hydrogen-bond acceptors (Lipinski definition) is 3. The molecular formula is C20H16FNO3. The Morgan fingerprint density at radius 1 is 1.04 bits per heavy atom. The SMILES string of the molecule is C=C1OC(=O)C=C1Cc1ccc(NC(=O)Cc2ccc(F)cc2)cc1. The van der Waals surface area contributed by atoms with Crippen molar-refractivity contribution in [2.24, 2.45) is 0 Å². The number of anilines is 1. The Labute approximate surface area is 144 Å². The maximum atomic E-state index is 12.9. The third kappa shape index (κ3) is 4.41. The van der Waals surface area contributed by atoms with E-state index in [1.54, 1.807) is 24.3 Å². The highest BCUT2D eigenvalue weighted by molar-refractivity contribution is 5.92. The molecule has 0 radical (unpaired) electrons. The van der Waals surface area contributed by atoms with Gasteiger partial charge in [0.25, 0.3) is 0 Å². The Balaban J connectivity index is 1.58. The van der Waals surface area contributed by atoms with Crippen LogP contribution in [-0.4, -0.2) is 11.9 Å². The zero-order valence-corrected chi connectivity index (χ0v) is 13.4. The Hall–Kier alpha value is -3.21. The summed E-state index contributed by atoms with van der Waals surface area (Å²) in [6.07, 6.45) is 2.14.